The molecule has 0 radical (unpaired) electrons. The summed E-state index contributed by atoms with van der Waals surface area (Å²) in [4.78, 5) is 21.7. The van der Waals surface area contributed by atoms with Gasteiger partial charge in [-0.1, -0.05) is 32.4 Å². The molecule has 41 heavy (non-hydrogen) atoms. The summed E-state index contributed by atoms with van der Waals surface area (Å²) in [6, 6.07) is 3.75. The highest BCUT2D eigenvalue weighted by Crippen LogP contribution is 2.42. The molecule has 1 aromatic rings. The number of ether oxygens (including phenoxy) is 1. The highest BCUT2D eigenvalue weighted by Gasteiger charge is 2.43. The highest BCUT2D eigenvalue weighted by atomic mass is 19.1. The second kappa shape index (κ2) is 14.8. The van der Waals surface area contributed by atoms with E-state index in [1.54, 1.807) is 0 Å². The first kappa shape index (κ1) is 32.6. The van der Waals surface area contributed by atoms with Gasteiger partial charge >= 0.3 is 6.09 Å². The molecule has 7 heteroatoms. The third kappa shape index (κ3) is 9.54. The molecule has 1 amide bonds. The van der Waals surface area contributed by atoms with Gasteiger partial charge in [0.25, 0.3) is 0 Å². The molecule has 0 spiro atoms. The molecule has 3 aliphatic rings. The van der Waals surface area contributed by atoms with E-state index in [2.05, 4.69) is 51.7 Å². The summed E-state index contributed by atoms with van der Waals surface area (Å²) in [5.41, 5.74) is 5.57. The van der Waals surface area contributed by atoms with E-state index in [0.29, 0.717) is 12.5 Å². The molecule has 1 saturated heterocycles. The van der Waals surface area contributed by atoms with Crippen LogP contribution in [0.25, 0.3) is 0 Å². The van der Waals surface area contributed by atoms with Crippen molar-refractivity contribution >= 4 is 11.8 Å². The van der Waals surface area contributed by atoms with Crippen molar-refractivity contribution in [3.8, 4) is 0 Å². The van der Waals surface area contributed by atoms with Crippen molar-refractivity contribution in [1.82, 2.24) is 9.80 Å². The van der Waals surface area contributed by atoms with E-state index in [-0.39, 0.29) is 17.7 Å². The lowest BCUT2D eigenvalue weighted by molar-refractivity contribution is 0.0302. The van der Waals surface area contributed by atoms with E-state index in [9.17, 15) is 13.6 Å². The zero-order chi connectivity index (χ0) is 30.2. The fourth-order valence-corrected chi connectivity index (χ4v) is 5.28. The second-order valence-corrected chi connectivity index (χ2v) is 11.8. The molecular formula is C34H49F2N3O2. The predicted octanol–water partition coefficient (Wildman–Crippen LogP) is 8.61. The van der Waals surface area contributed by atoms with Gasteiger partial charge in [0.05, 0.1) is 0 Å². The summed E-state index contributed by atoms with van der Waals surface area (Å²) in [6.45, 7) is 17.1. The van der Waals surface area contributed by atoms with Crippen LogP contribution in [0.1, 0.15) is 92.6 Å². The number of nitrogens with zero attached hydrogens (tertiary/aromatic N) is 3. The third-order valence-corrected chi connectivity index (χ3v) is 8.03. The Morgan fingerprint density at radius 1 is 1.12 bits per heavy atom. The molecule has 2 saturated carbocycles. The molecule has 5 nitrogen and oxygen atoms in total. The van der Waals surface area contributed by atoms with Crippen molar-refractivity contribution in [2.75, 3.05) is 19.6 Å². The van der Waals surface area contributed by atoms with Crippen LogP contribution in [-0.2, 0) is 11.2 Å². The predicted molar refractivity (Wildman–Crippen MR) is 164 cm³/mol. The van der Waals surface area contributed by atoms with Crippen molar-refractivity contribution in [3.63, 3.8) is 0 Å². The van der Waals surface area contributed by atoms with Crippen LogP contribution >= 0.6 is 0 Å². The van der Waals surface area contributed by atoms with Crippen LogP contribution in [0.5, 0.6) is 0 Å². The average Bonchev–Trinajstić information content (AvgIpc) is 3.85. The zero-order valence-electron chi connectivity index (χ0n) is 26.1. The average molecular weight is 570 g/mol. The summed E-state index contributed by atoms with van der Waals surface area (Å²) >= 11 is 0. The quantitative estimate of drug-likeness (QED) is 0.221. The van der Waals surface area contributed by atoms with Crippen molar-refractivity contribution in [3.05, 3.63) is 70.6 Å². The molecule has 1 unspecified atom stereocenters. The number of allylic oxidation sites excluding steroid dienone is 5. The van der Waals surface area contributed by atoms with Crippen LogP contribution in [0.4, 0.5) is 13.6 Å². The summed E-state index contributed by atoms with van der Waals surface area (Å²) in [5, 5.41) is 0. The number of hydrogen-bond donors (Lipinski definition) is 0. The van der Waals surface area contributed by atoms with E-state index in [1.807, 2.05) is 24.9 Å². The number of rotatable bonds is 9. The molecule has 0 N–H and O–H groups in total. The molecule has 1 atom stereocenters. The molecule has 0 bridgehead atoms. The second-order valence-electron chi connectivity index (χ2n) is 11.8. The van der Waals surface area contributed by atoms with E-state index in [4.69, 9.17) is 9.73 Å². The van der Waals surface area contributed by atoms with Crippen LogP contribution in [0, 0.1) is 17.6 Å². The zero-order valence-corrected chi connectivity index (χ0v) is 26.1. The molecule has 1 aliphatic heterocycles. The minimum Gasteiger partial charge on any atom is -0.443 e. The number of halogens is 2. The Morgan fingerprint density at radius 3 is 2.29 bits per heavy atom. The number of amides is 1. The Labute approximate surface area is 246 Å². The summed E-state index contributed by atoms with van der Waals surface area (Å²) < 4.78 is 30.7. The number of carbonyl (C=O) groups is 1. The molecule has 4 rings (SSSR count). The van der Waals surface area contributed by atoms with E-state index < -0.39 is 11.6 Å². The first-order chi connectivity index (χ1) is 19.5. The van der Waals surface area contributed by atoms with Crippen molar-refractivity contribution in [1.29, 1.82) is 0 Å². The molecule has 3 fully saturated rings. The molecule has 1 heterocycles. The SMILES string of the molecule is CCCc1cc(F)cc(F)c1.C\C=C(C(/C(C)=N/C=C/CC)=C(/C)N1CCN(C(=O)OC2(C)CC2)C(C)C1)\C1CC1. The maximum Gasteiger partial charge on any atom is 0.410 e. The van der Waals surface area contributed by atoms with Crippen LogP contribution in [0.15, 0.2) is 58.4 Å². The maximum atomic E-state index is 12.6. The number of aryl methyl sites for hydroxylation is 1. The Morgan fingerprint density at radius 2 is 1.78 bits per heavy atom. The number of benzene rings is 1. The van der Waals surface area contributed by atoms with Gasteiger partial charge in [0.2, 0.25) is 0 Å². The van der Waals surface area contributed by atoms with Gasteiger partial charge in [0.15, 0.2) is 0 Å². The number of piperazine rings is 1. The first-order valence-electron chi connectivity index (χ1n) is 15.3. The van der Waals surface area contributed by atoms with Crippen LogP contribution in [0.2, 0.25) is 0 Å². The standard InChI is InChI=1S/C25H39N3O2.C9H10F2/c1-7-9-14-26-19(4)23(22(8-2)21-10-11-21)20(5)27-15-16-28(18(3)17-27)24(29)30-25(6)12-13-25;1-2-3-7-4-8(10)6-9(11)5-7/h8-9,14,18,21H,7,10-13,15-17H2,1-6H3;4-6H,2-3H2,1H3/b14-9+,22-8-,23-20-,26-19+;. The molecule has 2 aliphatic carbocycles. The van der Waals surface area contributed by atoms with Gasteiger partial charge in [-0.2, -0.15) is 0 Å². The van der Waals surface area contributed by atoms with Gasteiger partial charge in [-0.15, -0.1) is 0 Å². The lowest BCUT2D eigenvalue weighted by Gasteiger charge is -2.41. The van der Waals surface area contributed by atoms with Gasteiger partial charge in [0, 0.05) is 54.9 Å². The van der Waals surface area contributed by atoms with Gasteiger partial charge in [-0.25, -0.2) is 13.6 Å². The lowest BCUT2D eigenvalue weighted by Crippen LogP contribution is -2.54. The third-order valence-electron chi connectivity index (χ3n) is 8.03. The van der Waals surface area contributed by atoms with E-state index >= 15 is 0 Å². The molecular weight excluding hydrogens is 520 g/mol. The lowest BCUT2D eigenvalue weighted by atomic mass is 9.94. The van der Waals surface area contributed by atoms with Crippen LogP contribution in [-0.4, -0.2) is 52.9 Å². The fraction of sp³-hybridized carbons (Fsp3) is 0.588. The van der Waals surface area contributed by atoms with E-state index in [0.717, 1.165) is 62.5 Å². The number of carbonyl (C=O) groups excluding carboxylic acids is 1. The normalized spacial score (nSPS) is 21.3. The Bertz CT molecular complexity index is 1160. The van der Waals surface area contributed by atoms with Crippen molar-refractivity contribution in [2.24, 2.45) is 10.9 Å². The minimum atomic E-state index is -0.492. The maximum absolute atomic E-state index is 12.6. The molecule has 1 aromatic carbocycles. The number of hydrogen-bond acceptors (Lipinski definition) is 4. The Kier molecular flexibility index (Phi) is 11.7. The molecule has 226 valence electrons. The van der Waals surface area contributed by atoms with Gasteiger partial charge < -0.3 is 14.5 Å². The van der Waals surface area contributed by atoms with Gasteiger partial charge in [0.1, 0.15) is 17.2 Å². The monoisotopic (exact) mass is 569 g/mol. The summed E-state index contributed by atoms with van der Waals surface area (Å²) in [6.07, 6.45) is 13.3. The van der Waals surface area contributed by atoms with Crippen LogP contribution < -0.4 is 0 Å². The minimum absolute atomic E-state index is 0.122. The topological polar surface area (TPSA) is 45.1 Å². The van der Waals surface area contributed by atoms with Crippen LogP contribution in [0.3, 0.4) is 0 Å². The largest absolute Gasteiger partial charge is 0.443 e. The highest BCUT2D eigenvalue weighted by molar-refractivity contribution is 6.03. The van der Waals surface area contributed by atoms with Gasteiger partial charge in [-0.05, 0) is 102 Å². The smallest absolute Gasteiger partial charge is 0.410 e. The summed E-state index contributed by atoms with van der Waals surface area (Å²) in [7, 11) is 0. The Hall–Kier alpha value is -2.96. The number of aliphatic imine (C=N–C) groups is 1. The fourth-order valence-electron chi connectivity index (χ4n) is 5.28. The molecule has 0 aromatic heterocycles. The van der Waals surface area contributed by atoms with E-state index in [1.165, 1.54) is 41.8 Å². The Balaban J connectivity index is 0.000000352. The first-order valence-corrected chi connectivity index (χ1v) is 15.3. The summed E-state index contributed by atoms with van der Waals surface area (Å²) in [5.74, 6) is -0.324. The van der Waals surface area contributed by atoms with Crippen molar-refractivity contribution < 1.29 is 18.3 Å². The van der Waals surface area contributed by atoms with Gasteiger partial charge in [-0.3, -0.25) is 4.99 Å². The van der Waals surface area contributed by atoms with Crippen molar-refractivity contribution in [2.45, 2.75) is 105 Å².